The monoisotopic (exact) mass is 601 g/mol. The molecule has 1 unspecified atom stereocenters. The van der Waals surface area contributed by atoms with Gasteiger partial charge in [0.05, 0.1) is 5.69 Å². The van der Waals surface area contributed by atoms with Crippen LogP contribution in [0.3, 0.4) is 0 Å². The summed E-state index contributed by atoms with van der Waals surface area (Å²) >= 11 is 0. The number of aryl methyl sites for hydroxylation is 1. The number of ether oxygens (including phenoxy) is 1. The van der Waals surface area contributed by atoms with E-state index in [1.807, 2.05) is 48.0 Å². The summed E-state index contributed by atoms with van der Waals surface area (Å²) in [7, 11) is 2.20. The molecule has 0 bridgehead atoms. The highest BCUT2D eigenvalue weighted by atomic mass is 16.5. The van der Waals surface area contributed by atoms with Crippen molar-refractivity contribution in [2.75, 3.05) is 38.7 Å². The van der Waals surface area contributed by atoms with Crippen LogP contribution in [0.15, 0.2) is 78.0 Å². The van der Waals surface area contributed by atoms with Gasteiger partial charge in [0, 0.05) is 78.4 Å². The molecule has 2 aliphatic heterocycles. The summed E-state index contributed by atoms with van der Waals surface area (Å²) in [5.74, 6) is 1.37. The fraction of sp³-hybridized carbons (Fsp3) is 0.361. The lowest BCUT2D eigenvalue weighted by molar-refractivity contribution is 0.0613. The second-order valence-corrected chi connectivity index (χ2v) is 12.4. The van der Waals surface area contributed by atoms with E-state index in [-0.39, 0.29) is 5.56 Å². The van der Waals surface area contributed by atoms with E-state index < -0.39 is 0 Å². The van der Waals surface area contributed by atoms with E-state index in [4.69, 9.17) is 14.7 Å². The van der Waals surface area contributed by atoms with Crippen molar-refractivity contribution in [3.8, 4) is 22.4 Å². The topological polar surface area (TPSA) is 98.1 Å². The maximum atomic E-state index is 14.3. The third-order valence-corrected chi connectivity index (χ3v) is 9.22. The Labute approximate surface area is 263 Å². The molecule has 6 heterocycles. The number of anilines is 2. The Morgan fingerprint density at radius 2 is 1.76 bits per heavy atom. The van der Waals surface area contributed by atoms with Crippen LogP contribution in [-0.4, -0.2) is 62.8 Å². The second-order valence-electron chi connectivity index (χ2n) is 12.4. The molecule has 0 radical (unpaired) electrons. The molecule has 2 aliphatic rings. The number of hydrogen-bond donors (Lipinski definition) is 1. The summed E-state index contributed by atoms with van der Waals surface area (Å²) in [4.78, 5) is 35.2. The molecule has 2 saturated heterocycles. The van der Waals surface area contributed by atoms with Crippen molar-refractivity contribution in [3.05, 3.63) is 94.8 Å². The van der Waals surface area contributed by atoms with Gasteiger partial charge in [-0.25, -0.2) is 4.98 Å². The van der Waals surface area contributed by atoms with E-state index >= 15 is 0 Å². The van der Waals surface area contributed by atoms with Crippen LogP contribution < -0.4 is 10.9 Å². The van der Waals surface area contributed by atoms with Crippen LogP contribution in [-0.2, 0) is 11.3 Å². The molecule has 1 atom stereocenters. The molecule has 0 aliphatic carbocycles. The number of pyridine rings is 3. The molecule has 2 fully saturated rings. The van der Waals surface area contributed by atoms with Crippen LogP contribution in [0.5, 0.6) is 0 Å². The Morgan fingerprint density at radius 1 is 0.956 bits per heavy atom. The standard InChI is InChI=1S/C36H39N7O2/c1-24-31(9-10-33(39-24)27-11-15-37-16-12-27)32-20-29-21-38-36(41-34(29)43(35(32)44)22-25-13-18-45-19-14-25)40-30-7-5-26(6-8-30)28-4-3-17-42(2)23-28/h5-12,15-16,20-21,25,28H,3-4,13-14,17-19,22-23H2,1-2H3,(H,38,40,41). The van der Waals surface area contributed by atoms with E-state index in [1.54, 1.807) is 12.4 Å². The Balaban J connectivity index is 1.23. The third-order valence-electron chi connectivity index (χ3n) is 9.22. The van der Waals surface area contributed by atoms with Crippen molar-refractivity contribution in [2.45, 2.75) is 45.1 Å². The summed E-state index contributed by atoms with van der Waals surface area (Å²) in [6.45, 7) is 6.23. The van der Waals surface area contributed by atoms with Crippen LogP contribution in [0.25, 0.3) is 33.4 Å². The summed E-state index contributed by atoms with van der Waals surface area (Å²) in [5, 5.41) is 4.20. The van der Waals surface area contributed by atoms with Crippen LogP contribution in [0.4, 0.5) is 11.6 Å². The first-order valence-electron chi connectivity index (χ1n) is 15.9. The van der Waals surface area contributed by atoms with Gasteiger partial charge in [-0.05, 0) is 100.0 Å². The molecular weight excluding hydrogens is 562 g/mol. The summed E-state index contributed by atoms with van der Waals surface area (Å²) in [6.07, 6.45) is 9.62. The zero-order chi connectivity index (χ0) is 30.8. The van der Waals surface area contributed by atoms with Crippen molar-refractivity contribution >= 4 is 22.7 Å². The van der Waals surface area contributed by atoms with E-state index in [0.717, 1.165) is 53.0 Å². The first kappa shape index (κ1) is 29.3. The zero-order valence-electron chi connectivity index (χ0n) is 25.9. The Bertz CT molecular complexity index is 1850. The van der Waals surface area contributed by atoms with E-state index in [9.17, 15) is 4.79 Å². The molecule has 0 spiro atoms. The quantitative estimate of drug-likeness (QED) is 0.235. The highest BCUT2D eigenvalue weighted by Crippen LogP contribution is 2.29. The molecule has 9 heteroatoms. The number of rotatable bonds is 7. The number of hydrogen-bond acceptors (Lipinski definition) is 8. The van der Waals surface area contributed by atoms with Crippen LogP contribution in [0, 0.1) is 12.8 Å². The van der Waals surface area contributed by atoms with Gasteiger partial charge in [0.15, 0.2) is 0 Å². The molecule has 45 heavy (non-hydrogen) atoms. The smallest absolute Gasteiger partial charge is 0.260 e. The lowest BCUT2D eigenvalue weighted by atomic mass is 9.91. The maximum absolute atomic E-state index is 14.3. The number of likely N-dealkylation sites (N-methyl/N-ethyl adjacent to an activating group) is 1. The number of piperidine rings is 1. The molecule has 230 valence electrons. The van der Waals surface area contributed by atoms with Crippen LogP contribution in [0.2, 0.25) is 0 Å². The van der Waals surface area contributed by atoms with Gasteiger partial charge in [-0.2, -0.15) is 4.98 Å². The van der Waals surface area contributed by atoms with Gasteiger partial charge in [-0.15, -0.1) is 0 Å². The minimum atomic E-state index is -0.0676. The number of nitrogens with one attached hydrogen (secondary N) is 1. The summed E-state index contributed by atoms with van der Waals surface area (Å²) in [5.41, 5.74) is 6.90. The molecule has 1 aromatic carbocycles. The zero-order valence-corrected chi connectivity index (χ0v) is 25.9. The van der Waals surface area contributed by atoms with Gasteiger partial charge in [-0.3, -0.25) is 19.3 Å². The van der Waals surface area contributed by atoms with Crippen molar-refractivity contribution < 1.29 is 4.74 Å². The molecule has 7 rings (SSSR count). The molecule has 5 aromatic rings. The first-order valence-corrected chi connectivity index (χ1v) is 15.9. The number of likely N-dealkylation sites (tertiary alicyclic amines) is 1. The average Bonchev–Trinajstić information content (AvgIpc) is 3.07. The first-order chi connectivity index (χ1) is 22.0. The van der Waals surface area contributed by atoms with E-state index in [0.29, 0.717) is 48.8 Å². The van der Waals surface area contributed by atoms with Crippen molar-refractivity contribution in [1.29, 1.82) is 0 Å². The Kier molecular flexibility index (Phi) is 8.37. The molecule has 4 aromatic heterocycles. The third kappa shape index (κ3) is 6.36. The largest absolute Gasteiger partial charge is 0.381 e. The van der Waals surface area contributed by atoms with Gasteiger partial charge in [0.25, 0.3) is 5.56 Å². The summed E-state index contributed by atoms with van der Waals surface area (Å²) < 4.78 is 7.45. The Morgan fingerprint density at radius 3 is 2.51 bits per heavy atom. The maximum Gasteiger partial charge on any atom is 0.260 e. The van der Waals surface area contributed by atoms with Crippen LogP contribution >= 0.6 is 0 Å². The lowest BCUT2D eigenvalue weighted by Crippen LogP contribution is -2.30. The van der Waals surface area contributed by atoms with Gasteiger partial charge >= 0.3 is 0 Å². The van der Waals surface area contributed by atoms with Crippen molar-refractivity contribution in [2.24, 2.45) is 5.92 Å². The van der Waals surface area contributed by atoms with Gasteiger partial charge < -0.3 is 15.0 Å². The average molecular weight is 602 g/mol. The minimum absolute atomic E-state index is 0.0676. The van der Waals surface area contributed by atoms with E-state index in [1.165, 1.54) is 24.9 Å². The highest BCUT2D eigenvalue weighted by Gasteiger charge is 2.21. The molecular formula is C36H39N7O2. The predicted octanol–water partition coefficient (Wildman–Crippen LogP) is 6.20. The van der Waals surface area contributed by atoms with Gasteiger partial charge in [0.1, 0.15) is 5.65 Å². The predicted molar refractivity (Wildman–Crippen MR) is 178 cm³/mol. The fourth-order valence-corrected chi connectivity index (χ4v) is 6.70. The molecule has 0 amide bonds. The van der Waals surface area contributed by atoms with Crippen molar-refractivity contribution in [3.63, 3.8) is 0 Å². The number of benzene rings is 1. The normalized spacial score (nSPS) is 17.9. The minimum Gasteiger partial charge on any atom is -0.381 e. The fourth-order valence-electron chi connectivity index (χ4n) is 6.70. The molecule has 0 saturated carbocycles. The lowest BCUT2D eigenvalue weighted by Gasteiger charge is -2.30. The molecule has 9 nitrogen and oxygen atoms in total. The number of aromatic nitrogens is 5. The molecule has 1 N–H and O–H groups in total. The summed E-state index contributed by atoms with van der Waals surface area (Å²) in [6, 6.07) is 18.3. The van der Waals surface area contributed by atoms with E-state index in [2.05, 4.69) is 51.5 Å². The SMILES string of the molecule is Cc1nc(-c2ccncc2)ccc1-c1cc2cnc(Nc3ccc(C4CCCN(C)C4)cc3)nc2n(CC2CCOCC2)c1=O. The van der Waals surface area contributed by atoms with Gasteiger partial charge in [0.2, 0.25) is 5.95 Å². The Hall–Kier alpha value is -4.47. The second kappa shape index (κ2) is 12.9. The van der Waals surface area contributed by atoms with Crippen LogP contribution in [0.1, 0.15) is 42.9 Å². The number of nitrogens with zero attached hydrogens (tertiary/aromatic N) is 6. The van der Waals surface area contributed by atoms with Gasteiger partial charge in [-0.1, -0.05) is 18.2 Å². The highest BCUT2D eigenvalue weighted by molar-refractivity contribution is 5.82. The number of fused-ring (bicyclic) bond motifs is 1. The van der Waals surface area contributed by atoms with Crippen molar-refractivity contribution in [1.82, 2.24) is 29.4 Å².